The maximum absolute atomic E-state index is 4.95. The van der Waals surface area contributed by atoms with Gasteiger partial charge in [-0.15, -0.1) is 0 Å². The van der Waals surface area contributed by atoms with Gasteiger partial charge in [0.15, 0.2) is 0 Å². The number of pyridine rings is 2. The number of hydrogen-bond donors (Lipinski definition) is 0. The fraction of sp³-hybridized carbons (Fsp3) is 0.0200. The first kappa shape index (κ1) is 32.7. The molecule has 1 aliphatic rings. The second-order valence-electron chi connectivity index (χ2n) is 13.3. The molecule has 2 heterocycles. The van der Waals surface area contributed by atoms with Crippen molar-refractivity contribution in [3.63, 3.8) is 0 Å². The van der Waals surface area contributed by atoms with Crippen LogP contribution in [0.1, 0.15) is 12.6 Å². The van der Waals surface area contributed by atoms with Crippen LogP contribution >= 0.6 is 0 Å². The molecule has 8 aromatic rings. The Morgan fingerprint density at radius 2 is 1.24 bits per heavy atom. The summed E-state index contributed by atoms with van der Waals surface area (Å²) < 4.78 is 0. The SMILES string of the molecule is C=N/C(=C\C=C/C)c1cc(-c2ccc(N(c3ccccc3)c3cccc(-c4ccc5c6c(cccc46)-c4ccccc4-5)c3)cc2)cc(-c2ccccn2)n1. The molecule has 6 aromatic carbocycles. The van der Waals surface area contributed by atoms with Crippen LogP contribution < -0.4 is 4.90 Å². The molecule has 0 bridgehead atoms. The van der Waals surface area contributed by atoms with Gasteiger partial charge in [0.25, 0.3) is 0 Å². The van der Waals surface area contributed by atoms with Gasteiger partial charge < -0.3 is 4.90 Å². The smallest absolute Gasteiger partial charge is 0.0900 e. The molecule has 4 heteroatoms. The highest BCUT2D eigenvalue weighted by atomic mass is 15.1. The molecule has 1 aliphatic carbocycles. The van der Waals surface area contributed by atoms with Crippen molar-refractivity contribution in [2.45, 2.75) is 6.92 Å². The Hall–Kier alpha value is -7.17. The zero-order valence-corrected chi connectivity index (χ0v) is 29.9. The molecule has 0 N–H and O–H groups in total. The molecular weight excluding hydrogens is 657 g/mol. The molecule has 2 aromatic heterocycles. The van der Waals surface area contributed by atoms with E-state index in [9.17, 15) is 0 Å². The summed E-state index contributed by atoms with van der Waals surface area (Å²) in [4.78, 5) is 16.2. The summed E-state index contributed by atoms with van der Waals surface area (Å²) in [5.41, 5.74) is 15.9. The summed E-state index contributed by atoms with van der Waals surface area (Å²) in [5, 5.41) is 2.60. The Morgan fingerprint density at radius 1 is 0.556 bits per heavy atom. The molecule has 0 atom stereocenters. The first-order valence-electron chi connectivity index (χ1n) is 18.2. The van der Waals surface area contributed by atoms with E-state index in [1.54, 1.807) is 6.20 Å². The minimum atomic E-state index is 0.698. The van der Waals surface area contributed by atoms with Gasteiger partial charge in [0.2, 0.25) is 0 Å². The Kier molecular flexibility index (Phi) is 8.54. The number of nitrogens with zero attached hydrogens (tertiary/aromatic N) is 4. The molecule has 0 spiro atoms. The lowest BCUT2D eigenvalue weighted by molar-refractivity contribution is 1.21. The molecule has 256 valence electrons. The lowest BCUT2D eigenvalue weighted by atomic mass is 9.94. The predicted octanol–water partition coefficient (Wildman–Crippen LogP) is 13.4. The fourth-order valence-corrected chi connectivity index (χ4v) is 7.58. The van der Waals surface area contributed by atoms with E-state index in [4.69, 9.17) is 4.98 Å². The summed E-state index contributed by atoms with van der Waals surface area (Å²) >= 11 is 0. The Balaban J connectivity index is 1.13. The first-order valence-corrected chi connectivity index (χ1v) is 18.2. The number of hydrogen-bond acceptors (Lipinski definition) is 4. The summed E-state index contributed by atoms with van der Waals surface area (Å²) in [6.45, 7) is 5.81. The van der Waals surface area contributed by atoms with E-state index in [0.717, 1.165) is 45.3 Å². The van der Waals surface area contributed by atoms with Crippen molar-refractivity contribution in [3.8, 4) is 55.9 Å². The van der Waals surface area contributed by atoms with E-state index in [-0.39, 0.29) is 0 Å². The third-order valence-corrected chi connectivity index (χ3v) is 10.1. The van der Waals surface area contributed by atoms with Crippen LogP contribution in [0.3, 0.4) is 0 Å². The second kappa shape index (κ2) is 14.1. The van der Waals surface area contributed by atoms with Gasteiger partial charge in [0, 0.05) is 23.3 Å². The van der Waals surface area contributed by atoms with Crippen LogP contribution in [0.15, 0.2) is 193 Å². The van der Waals surface area contributed by atoms with E-state index in [1.165, 1.54) is 44.2 Å². The number of rotatable bonds is 9. The number of aliphatic imine (C=N–C) groups is 1. The molecule has 9 rings (SSSR count). The van der Waals surface area contributed by atoms with Crippen molar-refractivity contribution in [3.05, 3.63) is 194 Å². The second-order valence-corrected chi connectivity index (χ2v) is 13.3. The number of para-hydroxylation sites is 1. The molecule has 0 saturated carbocycles. The van der Waals surface area contributed by atoms with Crippen molar-refractivity contribution < 1.29 is 0 Å². The molecule has 0 aliphatic heterocycles. The minimum absolute atomic E-state index is 0.698. The van der Waals surface area contributed by atoms with Crippen LogP contribution in [0.5, 0.6) is 0 Å². The van der Waals surface area contributed by atoms with Crippen molar-refractivity contribution in [1.29, 1.82) is 0 Å². The average molecular weight is 693 g/mol. The lowest BCUT2D eigenvalue weighted by Gasteiger charge is -2.26. The highest BCUT2D eigenvalue weighted by Crippen LogP contribution is 2.49. The molecule has 4 nitrogen and oxygen atoms in total. The molecule has 0 unspecified atom stereocenters. The summed E-state index contributed by atoms with van der Waals surface area (Å²) in [6, 6.07) is 58.2. The molecule has 54 heavy (non-hydrogen) atoms. The van der Waals surface area contributed by atoms with Crippen molar-refractivity contribution in [1.82, 2.24) is 9.97 Å². The lowest BCUT2D eigenvalue weighted by Crippen LogP contribution is -2.09. The third-order valence-electron chi connectivity index (χ3n) is 10.1. The zero-order valence-electron chi connectivity index (χ0n) is 29.9. The molecular formula is C50H36N4. The standard InChI is InChI=1S/C50H36N4/c1-3-4-22-46(51-2)48-32-36(33-49(53-48)47-23-10-11-30-52-47)34-24-26-38(27-25-34)54(37-15-6-5-7-16-37)39-17-12-14-35(31-39)40-28-29-45-42-19-9-8-18-41(42)44-21-13-20-43(40)50(44)45/h3-33H,2H2,1H3/b4-3-,46-22-. The number of allylic oxidation sites excluding steroid dienone is 3. The predicted molar refractivity (Wildman–Crippen MR) is 227 cm³/mol. The van der Waals surface area contributed by atoms with Gasteiger partial charge in [-0.05, 0) is 136 Å². The van der Waals surface area contributed by atoms with Crippen LogP contribution in [0.25, 0.3) is 72.4 Å². The highest BCUT2D eigenvalue weighted by molar-refractivity contribution is 6.18. The number of anilines is 3. The molecule has 0 amide bonds. The van der Waals surface area contributed by atoms with E-state index in [2.05, 4.69) is 167 Å². The van der Waals surface area contributed by atoms with Gasteiger partial charge in [-0.3, -0.25) is 9.98 Å². The number of benzene rings is 6. The quantitative estimate of drug-likeness (QED) is 0.112. The largest absolute Gasteiger partial charge is 0.310 e. The molecule has 0 fully saturated rings. The normalized spacial score (nSPS) is 11.9. The van der Waals surface area contributed by atoms with Gasteiger partial charge in [-0.1, -0.05) is 115 Å². The van der Waals surface area contributed by atoms with Gasteiger partial charge in [-0.25, -0.2) is 4.98 Å². The highest BCUT2D eigenvalue weighted by Gasteiger charge is 2.23. The Morgan fingerprint density at radius 3 is 2.00 bits per heavy atom. The average Bonchev–Trinajstić information content (AvgIpc) is 3.57. The van der Waals surface area contributed by atoms with Crippen molar-refractivity contribution in [2.24, 2.45) is 4.99 Å². The minimum Gasteiger partial charge on any atom is -0.310 e. The summed E-state index contributed by atoms with van der Waals surface area (Å²) in [7, 11) is 0. The van der Waals surface area contributed by atoms with Crippen molar-refractivity contribution in [2.75, 3.05) is 4.90 Å². The van der Waals surface area contributed by atoms with E-state index < -0.39 is 0 Å². The van der Waals surface area contributed by atoms with Crippen LogP contribution in [-0.4, -0.2) is 16.7 Å². The van der Waals surface area contributed by atoms with Gasteiger partial charge in [0.1, 0.15) is 0 Å². The Labute approximate surface area is 315 Å². The van der Waals surface area contributed by atoms with Crippen LogP contribution in [-0.2, 0) is 0 Å². The van der Waals surface area contributed by atoms with Gasteiger partial charge in [-0.2, -0.15) is 0 Å². The maximum Gasteiger partial charge on any atom is 0.0900 e. The summed E-state index contributed by atoms with van der Waals surface area (Å²) in [5.74, 6) is 0. The zero-order chi connectivity index (χ0) is 36.4. The van der Waals surface area contributed by atoms with Gasteiger partial charge >= 0.3 is 0 Å². The fourth-order valence-electron chi connectivity index (χ4n) is 7.58. The van der Waals surface area contributed by atoms with Crippen LogP contribution in [0.2, 0.25) is 0 Å². The van der Waals surface area contributed by atoms with Crippen LogP contribution in [0, 0.1) is 0 Å². The first-order chi connectivity index (χ1) is 26.7. The van der Waals surface area contributed by atoms with Crippen LogP contribution in [0.4, 0.5) is 17.1 Å². The van der Waals surface area contributed by atoms with E-state index in [1.807, 2.05) is 43.4 Å². The third kappa shape index (κ3) is 5.90. The molecule has 0 radical (unpaired) electrons. The van der Waals surface area contributed by atoms with E-state index in [0.29, 0.717) is 5.70 Å². The van der Waals surface area contributed by atoms with E-state index >= 15 is 0 Å². The monoisotopic (exact) mass is 692 g/mol. The maximum atomic E-state index is 4.95. The number of fused-ring (bicyclic) bond motifs is 3. The van der Waals surface area contributed by atoms with Crippen molar-refractivity contribution >= 4 is 40.2 Å². The Bertz CT molecular complexity index is 2700. The topological polar surface area (TPSA) is 41.4 Å². The summed E-state index contributed by atoms with van der Waals surface area (Å²) in [6.07, 6.45) is 7.63. The number of aromatic nitrogens is 2. The molecule has 0 saturated heterocycles. The van der Waals surface area contributed by atoms with Gasteiger partial charge in [0.05, 0.1) is 22.8 Å².